The van der Waals surface area contributed by atoms with Crippen LogP contribution in [0.5, 0.6) is 0 Å². The lowest BCUT2D eigenvalue weighted by Crippen LogP contribution is -2.01. The fourth-order valence-electron chi connectivity index (χ4n) is 2.28. The van der Waals surface area contributed by atoms with Gasteiger partial charge in [0, 0.05) is 17.8 Å². The molecule has 0 aliphatic heterocycles. The predicted molar refractivity (Wildman–Crippen MR) is 82.5 cm³/mol. The number of hydrogen-bond donors (Lipinski definition) is 1. The average molecular weight is 283 g/mol. The summed E-state index contributed by atoms with van der Waals surface area (Å²) in [6.45, 7) is 3.09. The molecule has 20 heavy (non-hydrogen) atoms. The highest BCUT2D eigenvalue weighted by Crippen LogP contribution is 2.21. The smallest absolute Gasteiger partial charge is 0.263 e. The molecule has 0 radical (unpaired) electrons. The Balaban J connectivity index is 2.05. The molecule has 0 aliphatic rings. The van der Waals surface area contributed by atoms with E-state index >= 15 is 0 Å². The van der Waals surface area contributed by atoms with Gasteiger partial charge in [0.1, 0.15) is 0 Å². The Morgan fingerprint density at radius 2 is 1.60 bits per heavy atom. The third-order valence-electron chi connectivity index (χ3n) is 3.50. The molecule has 1 N–H and O–H groups in total. The second kappa shape index (κ2) is 10.6. The number of rotatable bonds is 11. The summed E-state index contributed by atoms with van der Waals surface area (Å²) in [5.41, 5.74) is 0.886. The lowest BCUT2D eigenvalue weighted by molar-refractivity contribution is 0.151. The van der Waals surface area contributed by atoms with Gasteiger partial charge in [0.25, 0.3) is 6.43 Å². The number of halogens is 2. The molecule has 1 nitrogen and oxygen atoms in total. The van der Waals surface area contributed by atoms with Crippen molar-refractivity contribution in [1.82, 2.24) is 0 Å². The van der Waals surface area contributed by atoms with E-state index in [2.05, 4.69) is 12.2 Å². The van der Waals surface area contributed by atoms with Crippen LogP contribution in [0.15, 0.2) is 24.3 Å². The van der Waals surface area contributed by atoms with Crippen molar-refractivity contribution in [3.8, 4) is 0 Å². The first-order chi connectivity index (χ1) is 9.74. The number of benzene rings is 1. The van der Waals surface area contributed by atoms with Crippen LogP contribution in [0.1, 0.15) is 70.3 Å². The number of hydrogen-bond acceptors (Lipinski definition) is 1. The van der Waals surface area contributed by atoms with Gasteiger partial charge in [-0.25, -0.2) is 8.78 Å². The molecule has 0 aliphatic carbocycles. The van der Waals surface area contributed by atoms with Gasteiger partial charge in [-0.2, -0.15) is 0 Å². The zero-order chi connectivity index (χ0) is 14.6. The topological polar surface area (TPSA) is 12.0 Å². The molecule has 0 heterocycles. The molecule has 0 unspecified atom stereocenters. The Labute approximate surface area is 121 Å². The van der Waals surface area contributed by atoms with Crippen LogP contribution in [-0.4, -0.2) is 6.54 Å². The maximum Gasteiger partial charge on any atom is 0.263 e. The maximum absolute atomic E-state index is 12.5. The summed E-state index contributed by atoms with van der Waals surface area (Å²) < 4.78 is 25.1. The summed E-state index contributed by atoms with van der Waals surface area (Å²) in [5.74, 6) is 0. The van der Waals surface area contributed by atoms with Crippen LogP contribution in [0.3, 0.4) is 0 Å². The minimum Gasteiger partial charge on any atom is -0.385 e. The summed E-state index contributed by atoms with van der Waals surface area (Å²) >= 11 is 0. The first-order valence-corrected chi connectivity index (χ1v) is 7.86. The van der Waals surface area contributed by atoms with E-state index in [0.717, 1.165) is 18.7 Å². The molecule has 0 saturated heterocycles. The second-order valence-electron chi connectivity index (χ2n) is 5.33. The molecule has 0 atom stereocenters. The molecule has 0 spiro atoms. The highest BCUT2D eigenvalue weighted by atomic mass is 19.3. The first-order valence-electron chi connectivity index (χ1n) is 7.86. The standard InChI is InChI=1S/C17H27F2N/c1-2-3-4-5-6-7-8-9-13-20-16-12-10-11-15(14-16)17(18)19/h10-12,14,17,20H,2-9,13H2,1H3. The van der Waals surface area contributed by atoms with Crippen molar-refractivity contribution in [2.75, 3.05) is 11.9 Å². The highest BCUT2D eigenvalue weighted by molar-refractivity contribution is 5.45. The maximum atomic E-state index is 12.5. The summed E-state index contributed by atoms with van der Waals surface area (Å²) in [4.78, 5) is 0. The van der Waals surface area contributed by atoms with Crippen LogP contribution < -0.4 is 5.32 Å². The Bertz CT molecular complexity index is 353. The normalized spacial score (nSPS) is 11.0. The van der Waals surface area contributed by atoms with E-state index < -0.39 is 6.43 Å². The van der Waals surface area contributed by atoms with E-state index in [-0.39, 0.29) is 5.56 Å². The van der Waals surface area contributed by atoms with Gasteiger partial charge in [0.2, 0.25) is 0 Å². The van der Waals surface area contributed by atoms with Crippen molar-refractivity contribution in [2.24, 2.45) is 0 Å². The van der Waals surface area contributed by atoms with Gasteiger partial charge in [0.15, 0.2) is 0 Å². The van der Waals surface area contributed by atoms with Crippen LogP contribution in [0.25, 0.3) is 0 Å². The third-order valence-corrected chi connectivity index (χ3v) is 3.50. The predicted octanol–water partition coefficient (Wildman–Crippen LogP) is 6.18. The molecule has 1 rings (SSSR count). The third kappa shape index (κ3) is 7.46. The summed E-state index contributed by atoms with van der Waals surface area (Å²) in [5, 5.41) is 3.22. The van der Waals surface area contributed by atoms with Gasteiger partial charge >= 0.3 is 0 Å². The van der Waals surface area contributed by atoms with Gasteiger partial charge in [-0.15, -0.1) is 0 Å². The van der Waals surface area contributed by atoms with Crippen molar-refractivity contribution in [3.63, 3.8) is 0 Å². The van der Waals surface area contributed by atoms with Crippen molar-refractivity contribution in [1.29, 1.82) is 0 Å². The molecule has 0 fully saturated rings. The van der Waals surface area contributed by atoms with Crippen molar-refractivity contribution >= 4 is 5.69 Å². The Morgan fingerprint density at radius 1 is 0.950 bits per heavy atom. The van der Waals surface area contributed by atoms with E-state index in [9.17, 15) is 8.78 Å². The quantitative estimate of drug-likeness (QED) is 0.478. The fourth-order valence-corrected chi connectivity index (χ4v) is 2.28. The minimum atomic E-state index is -2.39. The van der Waals surface area contributed by atoms with E-state index in [4.69, 9.17) is 0 Å². The van der Waals surface area contributed by atoms with Crippen LogP contribution >= 0.6 is 0 Å². The monoisotopic (exact) mass is 283 g/mol. The zero-order valence-electron chi connectivity index (χ0n) is 12.5. The van der Waals surface area contributed by atoms with Crippen molar-refractivity contribution < 1.29 is 8.78 Å². The van der Waals surface area contributed by atoms with Crippen LogP contribution in [0.2, 0.25) is 0 Å². The molecule has 0 bridgehead atoms. The summed E-state index contributed by atoms with van der Waals surface area (Å²) in [7, 11) is 0. The molecular formula is C17H27F2N. The fraction of sp³-hybridized carbons (Fsp3) is 0.647. The number of nitrogens with one attached hydrogen (secondary N) is 1. The lowest BCUT2D eigenvalue weighted by atomic mass is 10.1. The van der Waals surface area contributed by atoms with Crippen molar-refractivity contribution in [3.05, 3.63) is 29.8 Å². The van der Waals surface area contributed by atoms with E-state index in [0.29, 0.717) is 0 Å². The summed E-state index contributed by atoms with van der Waals surface area (Å²) in [6, 6.07) is 6.52. The van der Waals surface area contributed by atoms with E-state index in [1.54, 1.807) is 6.07 Å². The molecule has 0 amide bonds. The average Bonchev–Trinajstić information content (AvgIpc) is 2.46. The van der Waals surface area contributed by atoms with E-state index in [1.807, 2.05) is 6.07 Å². The molecule has 0 saturated carbocycles. The minimum absolute atomic E-state index is 0.0888. The first kappa shape index (κ1) is 16.9. The largest absolute Gasteiger partial charge is 0.385 e. The molecule has 3 heteroatoms. The van der Waals surface area contributed by atoms with Crippen molar-refractivity contribution in [2.45, 2.75) is 64.7 Å². The Kier molecular flexibility index (Phi) is 9.01. The van der Waals surface area contributed by atoms with Crippen LogP contribution in [0.4, 0.5) is 14.5 Å². The molecule has 0 aromatic heterocycles. The van der Waals surface area contributed by atoms with Crippen LogP contribution in [0, 0.1) is 0 Å². The number of anilines is 1. The molecule has 114 valence electrons. The Morgan fingerprint density at radius 3 is 2.25 bits per heavy atom. The van der Waals surface area contributed by atoms with E-state index in [1.165, 1.54) is 57.1 Å². The number of unbranched alkanes of at least 4 members (excludes halogenated alkanes) is 7. The molecule has 1 aromatic carbocycles. The van der Waals surface area contributed by atoms with Gasteiger partial charge in [0.05, 0.1) is 0 Å². The van der Waals surface area contributed by atoms with Gasteiger partial charge in [-0.05, 0) is 18.6 Å². The molecular weight excluding hydrogens is 256 g/mol. The zero-order valence-corrected chi connectivity index (χ0v) is 12.5. The second-order valence-corrected chi connectivity index (χ2v) is 5.33. The number of alkyl halides is 2. The van der Waals surface area contributed by atoms with Crippen LogP contribution in [-0.2, 0) is 0 Å². The highest BCUT2D eigenvalue weighted by Gasteiger charge is 2.06. The SMILES string of the molecule is CCCCCCCCCCNc1cccc(C(F)F)c1. The van der Waals surface area contributed by atoms with Gasteiger partial charge in [-0.3, -0.25) is 0 Å². The van der Waals surface area contributed by atoms with Gasteiger partial charge in [-0.1, -0.05) is 64.0 Å². The molecule has 1 aromatic rings. The van der Waals surface area contributed by atoms with Gasteiger partial charge < -0.3 is 5.32 Å². The lowest BCUT2D eigenvalue weighted by Gasteiger charge is -2.08. The summed E-state index contributed by atoms with van der Waals surface area (Å²) in [6.07, 6.45) is 7.88. The Hall–Kier alpha value is -1.12.